The Kier molecular flexibility index (Phi) is 4.97. The Bertz CT molecular complexity index is 501. The molecular formula is C16H23N3O. The van der Waals surface area contributed by atoms with Gasteiger partial charge in [-0.2, -0.15) is 5.26 Å². The van der Waals surface area contributed by atoms with Gasteiger partial charge in [0.1, 0.15) is 5.75 Å². The first kappa shape index (κ1) is 14.8. The van der Waals surface area contributed by atoms with Crippen molar-refractivity contribution < 1.29 is 4.74 Å². The lowest BCUT2D eigenvalue weighted by Gasteiger charge is -2.26. The van der Waals surface area contributed by atoms with E-state index in [-0.39, 0.29) is 0 Å². The second-order valence-electron chi connectivity index (χ2n) is 5.55. The number of ether oxygens (including phenoxy) is 1. The molecule has 1 aliphatic carbocycles. The van der Waals surface area contributed by atoms with Gasteiger partial charge in [-0.3, -0.25) is 9.88 Å². The van der Waals surface area contributed by atoms with Crippen LogP contribution in [0.2, 0.25) is 0 Å². The zero-order valence-electron chi connectivity index (χ0n) is 12.6. The van der Waals surface area contributed by atoms with Crippen molar-refractivity contribution in [1.29, 1.82) is 5.26 Å². The van der Waals surface area contributed by atoms with E-state index in [4.69, 9.17) is 10.00 Å². The molecule has 0 spiro atoms. The van der Waals surface area contributed by atoms with Crippen LogP contribution in [0.15, 0.2) is 6.20 Å². The van der Waals surface area contributed by atoms with Crippen LogP contribution in [0, 0.1) is 25.2 Å². The highest BCUT2D eigenvalue weighted by molar-refractivity contribution is 5.41. The van der Waals surface area contributed by atoms with Gasteiger partial charge < -0.3 is 4.74 Å². The first-order chi connectivity index (χ1) is 9.67. The number of aryl methyl sites for hydroxylation is 1. The molecule has 1 saturated carbocycles. The Balaban J connectivity index is 2.20. The predicted molar refractivity (Wildman–Crippen MR) is 78.5 cm³/mol. The average molecular weight is 273 g/mol. The molecule has 4 nitrogen and oxygen atoms in total. The number of aromatic nitrogens is 1. The summed E-state index contributed by atoms with van der Waals surface area (Å²) in [7, 11) is 1.70. The van der Waals surface area contributed by atoms with E-state index < -0.39 is 0 Å². The molecule has 0 atom stereocenters. The summed E-state index contributed by atoms with van der Waals surface area (Å²) in [4.78, 5) is 6.81. The van der Waals surface area contributed by atoms with Crippen molar-refractivity contribution in [3.05, 3.63) is 23.0 Å². The van der Waals surface area contributed by atoms with Gasteiger partial charge in [0.2, 0.25) is 0 Å². The summed E-state index contributed by atoms with van der Waals surface area (Å²) in [5.41, 5.74) is 3.17. The Morgan fingerprint density at radius 3 is 2.70 bits per heavy atom. The fraction of sp³-hybridized carbons (Fsp3) is 0.625. The minimum atomic E-state index is 0.474. The lowest BCUT2D eigenvalue weighted by Crippen LogP contribution is -2.33. The first-order valence-electron chi connectivity index (χ1n) is 7.27. The van der Waals surface area contributed by atoms with Crippen LogP contribution >= 0.6 is 0 Å². The molecule has 1 heterocycles. The normalized spacial score (nSPS) is 15.6. The maximum atomic E-state index is 9.05. The molecule has 0 bridgehead atoms. The summed E-state index contributed by atoms with van der Waals surface area (Å²) in [6.07, 6.45) is 6.81. The summed E-state index contributed by atoms with van der Waals surface area (Å²) in [5, 5.41) is 9.05. The maximum absolute atomic E-state index is 9.05. The van der Waals surface area contributed by atoms with E-state index in [9.17, 15) is 0 Å². The van der Waals surface area contributed by atoms with Gasteiger partial charge in [0.25, 0.3) is 0 Å². The van der Waals surface area contributed by atoms with Crippen LogP contribution in [0.1, 0.15) is 42.5 Å². The minimum absolute atomic E-state index is 0.474. The molecular weight excluding hydrogens is 250 g/mol. The largest absolute Gasteiger partial charge is 0.496 e. The molecule has 0 aliphatic heterocycles. The Morgan fingerprint density at radius 1 is 1.40 bits per heavy atom. The highest BCUT2D eigenvalue weighted by Crippen LogP contribution is 2.28. The topological polar surface area (TPSA) is 49.1 Å². The molecule has 2 rings (SSSR count). The second kappa shape index (κ2) is 6.71. The van der Waals surface area contributed by atoms with Crippen molar-refractivity contribution >= 4 is 0 Å². The van der Waals surface area contributed by atoms with Gasteiger partial charge in [-0.1, -0.05) is 12.8 Å². The van der Waals surface area contributed by atoms with E-state index in [1.54, 1.807) is 7.11 Å². The van der Waals surface area contributed by atoms with Gasteiger partial charge in [0.15, 0.2) is 0 Å². The number of nitrogens with zero attached hydrogens (tertiary/aromatic N) is 3. The fourth-order valence-electron chi connectivity index (χ4n) is 3.10. The molecule has 108 valence electrons. The summed E-state index contributed by atoms with van der Waals surface area (Å²) >= 11 is 0. The molecule has 0 radical (unpaired) electrons. The monoisotopic (exact) mass is 273 g/mol. The first-order valence-corrected chi connectivity index (χ1v) is 7.27. The van der Waals surface area contributed by atoms with Gasteiger partial charge >= 0.3 is 0 Å². The molecule has 4 heteroatoms. The quantitative estimate of drug-likeness (QED) is 0.774. The van der Waals surface area contributed by atoms with E-state index in [0.29, 0.717) is 12.6 Å². The van der Waals surface area contributed by atoms with Crippen LogP contribution < -0.4 is 4.74 Å². The third-order valence-electron chi connectivity index (χ3n) is 4.22. The van der Waals surface area contributed by atoms with E-state index in [1.807, 2.05) is 20.0 Å². The molecule has 20 heavy (non-hydrogen) atoms. The van der Waals surface area contributed by atoms with Crippen LogP contribution in [-0.4, -0.2) is 29.6 Å². The molecule has 0 unspecified atom stereocenters. The van der Waals surface area contributed by atoms with Crippen LogP contribution in [0.25, 0.3) is 0 Å². The van der Waals surface area contributed by atoms with Crippen LogP contribution in [-0.2, 0) is 6.54 Å². The fourth-order valence-corrected chi connectivity index (χ4v) is 3.10. The highest BCUT2D eigenvalue weighted by Gasteiger charge is 2.23. The van der Waals surface area contributed by atoms with Crippen molar-refractivity contribution in [1.82, 2.24) is 9.88 Å². The maximum Gasteiger partial charge on any atom is 0.128 e. The van der Waals surface area contributed by atoms with E-state index in [0.717, 1.165) is 29.1 Å². The Hall–Kier alpha value is -1.60. The number of hydrogen-bond donors (Lipinski definition) is 0. The summed E-state index contributed by atoms with van der Waals surface area (Å²) < 4.78 is 5.46. The zero-order chi connectivity index (χ0) is 14.5. The summed E-state index contributed by atoms with van der Waals surface area (Å²) in [6, 6.07) is 2.82. The average Bonchev–Trinajstić information content (AvgIpc) is 2.95. The van der Waals surface area contributed by atoms with Gasteiger partial charge in [-0.25, -0.2) is 0 Å². The Morgan fingerprint density at radius 2 is 2.10 bits per heavy atom. The third kappa shape index (κ3) is 3.10. The summed E-state index contributed by atoms with van der Waals surface area (Å²) in [6.45, 7) is 5.27. The SMILES string of the molecule is COc1c(C)cnc(CN(CC#N)C2CCCC2)c1C. The Labute approximate surface area is 121 Å². The van der Waals surface area contributed by atoms with Crippen molar-refractivity contribution in [2.45, 2.75) is 52.1 Å². The van der Waals surface area contributed by atoms with Crippen molar-refractivity contribution in [2.24, 2.45) is 0 Å². The summed E-state index contributed by atoms with van der Waals surface area (Å²) in [5.74, 6) is 0.915. The third-order valence-corrected chi connectivity index (χ3v) is 4.22. The van der Waals surface area contributed by atoms with E-state index >= 15 is 0 Å². The number of nitriles is 1. The standard InChI is InChI=1S/C16H23N3O/c1-12-10-18-15(13(2)16(12)20-3)11-19(9-8-17)14-6-4-5-7-14/h10,14H,4-7,9,11H2,1-3H3. The van der Waals surface area contributed by atoms with Crippen LogP contribution in [0.4, 0.5) is 0 Å². The van der Waals surface area contributed by atoms with Gasteiger partial charge in [-0.15, -0.1) is 0 Å². The molecule has 1 aliphatic rings. The zero-order valence-corrected chi connectivity index (χ0v) is 12.6. The van der Waals surface area contributed by atoms with Crippen LogP contribution in [0.3, 0.4) is 0 Å². The highest BCUT2D eigenvalue weighted by atomic mass is 16.5. The van der Waals surface area contributed by atoms with Crippen molar-refractivity contribution in [2.75, 3.05) is 13.7 Å². The van der Waals surface area contributed by atoms with E-state index in [1.165, 1.54) is 25.7 Å². The second-order valence-corrected chi connectivity index (χ2v) is 5.55. The molecule has 0 N–H and O–H groups in total. The minimum Gasteiger partial charge on any atom is -0.496 e. The molecule has 1 fully saturated rings. The van der Waals surface area contributed by atoms with Crippen molar-refractivity contribution in [3.63, 3.8) is 0 Å². The lowest BCUT2D eigenvalue weighted by atomic mass is 10.1. The van der Waals surface area contributed by atoms with Gasteiger partial charge in [0.05, 0.1) is 25.4 Å². The molecule has 0 amide bonds. The smallest absolute Gasteiger partial charge is 0.128 e. The number of rotatable bonds is 5. The van der Waals surface area contributed by atoms with Gasteiger partial charge in [-0.05, 0) is 26.7 Å². The predicted octanol–water partition coefficient (Wildman–Crippen LogP) is 2.98. The number of methoxy groups -OCH3 is 1. The van der Waals surface area contributed by atoms with Crippen molar-refractivity contribution in [3.8, 4) is 11.8 Å². The van der Waals surface area contributed by atoms with Crippen LogP contribution in [0.5, 0.6) is 5.75 Å². The van der Waals surface area contributed by atoms with Gasteiger partial charge in [0, 0.05) is 29.9 Å². The molecule has 1 aromatic heterocycles. The molecule has 1 aromatic rings. The molecule has 0 saturated heterocycles. The number of hydrogen-bond acceptors (Lipinski definition) is 4. The number of pyridine rings is 1. The van der Waals surface area contributed by atoms with E-state index in [2.05, 4.69) is 16.0 Å². The molecule has 0 aromatic carbocycles. The lowest BCUT2D eigenvalue weighted by molar-refractivity contribution is 0.211.